The second-order valence-corrected chi connectivity index (χ2v) is 9.32. The van der Waals surface area contributed by atoms with Gasteiger partial charge >= 0.3 is 11.9 Å². The molecule has 228 valence electrons. The van der Waals surface area contributed by atoms with E-state index in [1.807, 2.05) is 0 Å². The lowest BCUT2D eigenvalue weighted by molar-refractivity contribution is -0.142. The van der Waals surface area contributed by atoms with E-state index < -0.39 is 90.3 Å². The number of aromatic amines is 1. The van der Waals surface area contributed by atoms with Crippen LogP contribution in [0.5, 0.6) is 0 Å². The van der Waals surface area contributed by atoms with Crippen molar-refractivity contribution in [1.82, 2.24) is 36.6 Å². The van der Waals surface area contributed by atoms with Crippen molar-refractivity contribution in [1.29, 1.82) is 0 Å². The standard InChI is InChI=1S/C23H36N8O10/c1-9(24)18(35)29-15(6-16(33)34)21(38)31-17(12(4)32)22(39)30-14(5-13-7-25-8-26-13)20(37)27-10(2)19(36)28-11(3)23(40)41/h7-12,14-15,17,32H,5-6,24H2,1-4H3,(H,25,26)(H,27,37)(H,28,36)(H,29,35)(H,30,39)(H,31,38)(H,33,34)(H,40,41)/t9-,10-,11-,12+,14-,15-,17-/m0/s1. The Morgan fingerprint density at radius 3 is 1.85 bits per heavy atom. The largest absolute Gasteiger partial charge is 0.481 e. The number of rotatable bonds is 16. The number of carboxylic acid groups (broad SMARTS) is 2. The zero-order valence-electron chi connectivity index (χ0n) is 22.8. The number of aliphatic hydroxyl groups excluding tert-OH is 1. The number of carbonyl (C=O) groups is 7. The number of carboxylic acids is 2. The van der Waals surface area contributed by atoms with Crippen LogP contribution in [0.3, 0.4) is 0 Å². The van der Waals surface area contributed by atoms with Crippen LogP contribution >= 0.6 is 0 Å². The molecule has 0 radical (unpaired) electrons. The SMILES string of the molecule is C[C@H](N)C(=O)N[C@@H](CC(=O)O)C(=O)N[C@H](C(=O)N[C@@H](Cc1cnc[nH]1)C(=O)N[C@@H](C)C(=O)N[C@@H](C)C(=O)O)[C@@H](C)O. The number of hydrogen-bond acceptors (Lipinski definition) is 10. The van der Waals surface area contributed by atoms with E-state index in [0.717, 1.165) is 6.92 Å². The fraction of sp³-hybridized carbons (Fsp3) is 0.565. The first kappa shape index (κ1) is 34.4. The molecule has 0 bridgehead atoms. The molecule has 41 heavy (non-hydrogen) atoms. The summed E-state index contributed by atoms with van der Waals surface area (Å²) in [5, 5.41) is 39.5. The third-order valence-corrected chi connectivity index (χ3v) is 5.58. The van der Waals surface area contributed by atoms with Crippen LogP contribution in [0.15, 0.2) is 12.5 Å². The summed E-state index contributed by atoms with van der Waals surface area (Å²) in [6.45, 7) is 4.97. The number of nitrogens with zero attached hydrogens (tertiary/aromatic N) is 1. The minimum atomic E-state index is -1.71. The number of H-pyrrole nitrogens is 1. The summed E-state index contributed by atoms with van der Waals surface area (Å²) in [4.78, 5) is 92.0. The number of aromatic nitrogens is 2. The van der Waals surface area contributed by atoms with Crippen molar-refractivity contribution in [2.24, 2.45) is 5.73 Å². The maximum Gasteiger partial charge on any atom is 0.325 e. The van der Waals surface area contributed by atoms with E-state index in [9.17, 15) is 38.7 Å². The van der Waals surface area contributed by atoms with E-state index >= 15 is 0 Å². The van der Waals surface area contributed by atoms with Gasteiger partial charge in [-0.3, -0.25) is 33.6 Å². The smallest absolute Gasteiger partial charge is 0.325 e. The zero-order chi connectivity index (χ0) is 31.4. The fourth-order valence-corrected chi connectivity index (χ4v) is 3.21. The fourth-order valence-electron chi connectivity index (χ4n) is 3.21. The summed E-state index contributed by atoms with van der Waals surface area (Å²) >= 11 is 0. The molecule has 1 rings (SSSR count). The molecule has 11 N–H and O–H groups in total. The molecule has 0 aliphatic rings. The molecule has 5 amide bonds. The Hall–Kier alpha value is -4.58. The van der Waals surface area contributed by atoms with Gasteiger partial charge in [0.2, 0.25) is 29.5 Å². The Bertz CT molecular complexity index is 1110. The number of nitrogens with two attached hydrogens (primary N) is 1. The quantitative estimate of drug-likeness (QED) is 0.0883. The molecule has 18 nitrogen and oxygen atoms in total. The van der Waals surface area contributed by atoms with Gasteiger partial charge in [-0.05, 0) is 27.7 Å². The topological polar surface area (TPSA) is 295 Å². The van der Waals surface area contributed by atoms with Crippen molar-refractivity contribution in [2.75, 3.05) is 0 Å². The molecule has 0 aliphatic heterocycles. The molecule has 1 aromatic rings. The van der Waals surface area contributed by atoms with E-state index in [-0.39, 0.29) is 6.42 Å². The van der Waals surface area contributed by atoms with Crippen LogP contribution in [0, 0.1) is 0 Å². The van der Waals surface area contributed by atoms with Gasteiger partial charge in [0.15, 0.2) is 0 Å². The molecule has 0 aliphatic carbocycles. The summed E-state index contributed by atoms with van der Waals surface area (Å²) in [5.74, 6) is -7.44. The molecule has 1 heterocycles. The zero-order valence-corrected chi connectivity index (χ0v) is 22.8. The second kappa shape index (κ2) is 15.9. The van der Waals surface area contributed by atoms with E-state index in [0.29, 0.717) is 5.69 Å². The third kappa shape index (κ3) is 11.6. The molecule has 18 heteroatoms. The summed E-state index contributed by atoms with van der Waals surface area (Å²) in [7, 11) is 0. The van der Waals surface area contributed by atoms with Gasteiger partial charge in [0.05, 0.1) is 24.9 Å². The number of aliphatic hydroxyl groups is 1. The molecule has 0 saturated carbocycles. The van der Waals surface area contributed by atoms with Gasteiger partial charge < -0.3 is 52.6 Å². The minimum absolute atomic E-state index is 0.177. The molecule has 0 fully saturated rings. The Labute approximate surface area is 234 Å². The van der Waals surface area contributed by atoms with Gasteiger partial charge in [0, 0.05) is 18.3 Å². The second-order valence-electron chi connectivity index (χ2n) is 9.32. The molecule has 0 spiro atoms. The van der Waals surface area contributed by atoms with Gasteiger partial charge in [0.1, 0.15) is 30.2 Å². The van der Waals surface area contributed by atoms with Gasteiger partial charge in [-0.1, -0.05) is 0 Å². The highest BCUT2D eigenvalue weighted by Gasteiger charge is 2.34. The average Bonchev–Trinajstić information content (AvgIpc) is 3.38. The molecular weight excluding hydrogens is 548 g/mol. The molecule has 7 atom stereocenters. The van der Waals surface area contributed by atoms with Crippen molar-refractivity contribution >= 4 is 41.5 Å². The lowest BCUT2D eigenvalue weighted by Gasteiger charge is -2.27. The van der Waals surface area contributed by atoms with Crippen molar-refractivity contribution in [2.45, 2.75) is 82.9 Å². The van der Waals surface area contributed by atoms with Crippen molar-refractivity contribution in [3.63, 3.8) is 0 Å². The maximum atomic E-state index is 13.1. The van der Waals surface area contributed by atoms with Crippen LogP contribution < -0.4 is 32.3 Å². The number of nitrogens with one attached hydrogen (secondary N) is 6. The van der Waals surface area contributed by atoms with E-state index in [4.69, 9.17) is 15.9 Å². The highest BCUT2D eigenvalue weighted by atomic mass is 16.4. The predicted octanol–water partition coefficient (Wildman–Crippen LogP) is -4.30. The van der Waals surface area contributed by atoms with E-state index in [1.54, 1.807) is 0 Å². The molecule has 0 saturated heterocycles. The molecule has 0 aromatic carbocycles. The summed E-state index contributed by atoms with van der Waals surface area (Å²) in [6.07, 6.45) is 0.0932. The van der Waals surface area contributed by atoms with Crippen molar-refractivity contribution in [3.8, 4) is 0 Å². The van der Waals surface area contributed by atoms with Gasteiger partial charge in [-0.2, -0.15) is 0 Å². The third-order valence-electron chi connectivity index (χ3n) is 5.58. The number of carbonyl (C=O) groups excluding carboxylic acids is 5. The number of imidazole rings is 1. The van der Waals surface area contributed by atoms with E-state index in [2.05, 4.69) is 36.6 Å². The van der Waals surface area contributed by atoms with Crippen LogP contribution in [0.25, 0.3) is 0 Å². The monoisotopic (exact) mass is 584 g/mol. The lowest BCUT2D eigenvalue weighted by Crippen LogP contribution is -2.61. The van der Waals surface area contributed by atoms with Gasteiger partial charge in [0.25, 0.3) is 0 Å². The maximum absolute atomic E-state index is 13.1. The summed E-state index contributed by atoms with van der Waals surface area (Å²) < 4.78 is 0. The van der Waals surface area contributed by atoms with Crippen LogP contribution in [-0.4, -0.2) is 109 Å². The van der Waals surface area contributed by atoms with Gasteiger partial charge in [-0.15, -0.1) is 0 Å². The lowest BCUT2D eigenvalue weighted by atomic mass is 10.1. The van der Waals surface area contributed by atoms with Crippen molar-refractivity contribution in [3.05, 3.63) is 18.2 Å². The number of aliphatic carboxylic acids is 2. The Morgan fingerprint density at radius 1 is 0.805 bits per heavy atom. The van der Waals surface area contributed by atoms with Crippen LogP contribution in [0.4, 0.5) is 0 Å². The Morgan fingerprint density at radius 2 is 1.37 bits per heavy atom. The average molecular weight is 585 g/mol. The van der Waals surface area contributed by atoms with Crippen molar-refractivity contribution < 1.29 is 48.9 Å². The number of amides is 5. The van der Waals surface area contributed by atoms with Crippen LogP contribution in [0.1, 0.15) is 39.8 Å². The van der Waals surface area contributed by atoms with Gasteiger partial charge in [-0.25, -0.2) is 4.98 Å². The Kier molecular flexibility index (Phi) is 13.3. The minimum Gasteiger partial charge on any atom is -0.481 e. The number of hydrogen-bond donors (Lipinski definition) is 10. The first-order chi connectivity index (χ1) is 19.0. The molecule has 1 aromatic heterocycles. The van der Waals surface area contributed by atoms with E-state index in [1.165, 1.54) is 33.3 Å². The summed E-state index contributed by atoms with van der Waals surface area (Å²) in [6, 6.07) is -8.27. The Balaban J connectivity index is 3.10. The summed E-state index contributed by atoms with van der Waals surface area (Å²) in [5.41, 5.74) is 5.84. The first-order valence-corrected chi connectivity index (χ1v) is 12.4. The normalized spacial score (nSPS) is 16.0. The van der Waals surface area contributed by atoms with Crippen LogP contribution in [0.2, 0.25) is 0 Å². The first-order valence-electron chi connectivity index (χ1n) is 12.4. The predicted molar refractivity (Wildman–Crippen MR) is 139 cm³/mol. The highest BCUT2D eigenvalue weighted by Crippen LogP contribution is 2.04. The molecular formula is C23H36N8O10. The highest BCUT2D eigenvalue weighted by molar-refractivity contribution is 5.97. The molecule has 0 unspecified atom stereocenters. The van der Waals surface area contributed by atoms with Crippen LogP contribution in [-0.2, 0) is 40.0 Å².